The minimum Gasteiger partial charge on any atom is -0.461 e. The highest BCUT2D eigenvalue weighted by Crippen LogP contribution is 2.29. The first-order valence-corrected chi connectivity index (χ1v) is 6.62. The van der Waals surface area contributed by atoms with Crippen LogP contribution in [-0.2, 0) is 11.2 Å². The molecular formula is C15H15BrO2. The number of Topliss-reactive ketones (excluding diaryl/α,β-unsaturated/α-hetero) is 1. The number of carbonyl (C=O) groups is 1. The van der Waals surface area contributed by atoms with Crippen molar-refractivity contribution in [3.8, 4) is 11.3 Å². The zero-order chi connectivity index (χ0) is 13.3. The number of rotatable bonds is 3. The predicted molar refractivity (Wildman–Crippen MR) is 75.7 cm³/mol. The van der Waals surface area contributed by atoms with Crippen molar-refractivity contribution in [2.45, 2.75) is 27.2 Å². The van der Waals surface area contributed by atoms with Crippen molar-refractivity contribution < 1.29 is 9.21 Å². The molecule has 0 amide bonds. The molecule has 2 nitrogen and oxygen atoms in total. The van der Waals surface area contributed by atoms with Crippen LogP contribution in [0.4, 0.5) is 0 Å². The lowest BCUT2D eigenvalue weighted by Gasteiger charge is -2.06. The lowest BCUT2D eigenvalue weighted by Crippen LogP contribution is -1.93. The molecule has 1 aromatic carbocycles. The first-order valence-electron chi connectivity index (χ1n) is 5.82. The van der Waals surface area contributed by atoms with Gasteiger partial charge >= 0.3 is 0 Å². The Bertz CT molecular complexity index is 573. The molecule has 0 N–H and O–H groups in total. The number of halogens is 1. The topological polar surface area (TPSA) is 30.2 Å². The summed E-state index contributed by atoms with van der Waals surface area (Å²) in [5.74, 6) is 1.64. The lowest BCUT2D eigenvalue weighted by molar-refractivity contribution is -0.116. The minimum absolute atomic E-state index is 0.110. The van der Waals surface area contributed by atoms with E-state index < -0.39 is 0 Å². The number of ketones is 1. The van der Waals surface area contributed by atoms with Gasteiger partial charge in [-0.2, -0.15) is 0 Å². The van der Waals surface area contributed by atoms with Crippen molar-refractivity contribution in [3.63, 3.8) is 0 Å². The Kier molecular flexibility index (Phi) is 3.71. The number of benzene rings is 1. The van der Waals surface area contributed by atoms with Crippen molar-refractivity contribution in [2.75, 3.05) is 0 Å². The summed E-state index contributed by atoms with van der Waals surface area (Å²) < 4.78 is 6.82. The minimum atomic E-state index is 0.110. The lowest BCUT2D eigenvalue weighted by atomic mass is 10.1. The zero-order valence-electron chi connectivity index (χ0n) is 10.7. The van der Waals surface area contributed by atoms with E-state index in [9.17, 15) is 4.79 Å². The van der Waals surface area contributed by atoms with Crippen LogP contribution >= 0.6 is 15.9 Å². The van der Waals surface area contributed by atoms with Crippen LogP contribution in [0, 0.1) is 13.8 Å². The molecule has 0 unspecified atom stereocenters. The average molecular weight is 307 g/mol. The molecule has 0 fully saturated rings. The van der Waals surface area contributed by atoms with Gasteiger partial charge in [-0.3, -0.25) is 4.79 Å². The number of hydrogen-bond acceptors (Lipinski definition) is 2. The third-order valence-corrected chi connectivity index (χ3v) is 4.06. The fraction of sp³-hybridized carbons (Fsp3) is 0.267. The van der Waals surface area contributed by atoms with E-state index in [0.29, 0.717) is 6.42 Å². The Labute approximate surface area is 115 Å². The highest BCUT2D eigenvalue weighted by Gasteiger charge is 2.09. The van der Waals surface area contributed by atoms with Gasteiger partial charge in [0.15, 0.2) is 0 Å². The van der Waals surface area contributed by atoms with Gasteiger partial charge in [-0.15, -0.1) is 0 Å². The summed E-state index contributed by atoms with van der Waals surface area (Å²) in [4.78, 5) is 11.0. The summed E-state index contributed by atoms with van der Waals surface area (Å²) >= 11 is 3.55. The summed E-state index contributed by atoms with van der Waals surface area (Å²) in [6.07, 6.45) is 0.356. The Morgan fingerprint density at radius 3 is 2.39 bits per heavy atom. The van der Waals surface area contributed by atoms with Gasteiger partial charge in [0.25, 0.3) is 0 Å². The molecule has 0 aliphatic rings. The van der Waals surface area contributed by atoms with Gasteiger partial charge in [0, 0.05) is 10.0 Å². The second-order valence-corrected chi connectivity index (χ2v) is 5.36. The highest BCUT2D eigenvalue weighted by molar-refractivity contribution is 9.10. The van der Waals surface area contributed by atoms with E-state index >= 15 is 0 Å². The second-order valence-electron chi connectivity index (χ2n) is 4.57. The van der Waals surface area contributed by atoms with Crippen LogP contribution in [-0.4, -0.2) is 5.78 Å². The van der Waals surface area contributed by atoms with Gasteiger partial charge in [0.1, 0.15) is 17.3 Å². The average Bonchev–Trinajstić information content (AvgIpc) is 2.72. The third-order valence-electron chi connectivity index (χ3n) is 2.81. The molecule has 1 heterocycles. The molecule has 0 saturated carbocycles. The van der Waals surface area contributed by atoms with Crippen LogP contribution in [0.2, 0.25) is 0 Å². The maximum Gasteiger partial charge on any atom is 0.137 e. The fourth-order valence-electron chi connectivity index (χ4n) is 1.96. The van der Waals surface area contributed by atoms with E-state index in [1.807, 2.05) is 12.1 Å². The number of carbonyl (C=O) groups excluding carboxylic acids is 1. The molecule has 0 radical (unpaired) electrons. The first kappa shape index (κ1) is 13.1. The van der Waals surface area contributed by atoms with Gasteiger partial charge in [-0.1, -0.05) is 15.9 Å². The molecule has 0 saturated heterocycles. The van der Waals surface area contributed by atoms with Crippen LogP contribution in [0.1, 0.15) is 23.8 Å². The largest absolute Gasteiger partial charge is 0.461 e. The number of aryl methyl sites for hydroxylation is 2. The maximum absolute atomic E-state index is 11.0. The number of furan rings is 1. The van der Waals surface area contributed by atoms with Crippen molar-refractivity contribution in [1.82, 2.24) is 0 Å². The Morgan fingerprint density at radius 2 is 1.83 bits per heavy atom. The molecule has 0 aliphatic carbocycles. The van der Waals surface area contributed by atoms with Crippen molar-refractivity contribution in [2.24, 2.45) is 0 Å². The molecule has 1 aromatic heterocycles. The summed E-state index contributed by atoms with van der Waals surface area (Å²) in [5.41, 5.74) is 3.40. The van der Waals surface area contributed by atoms with Gasteiger partial charge in [-0.05, 0) is 56.2 Å². The quantitative estimate of drug-likeness (QED) is 0.838. The summed E-state index contributed by atoms with van der Waals surface area (Å²) in [5, 5.41) is 0. The molecule has 0 spiro atoms. The van der Waals surface area contributed by atoms with Gasteiger partial charge in [0.05, 0.1) is 6.42 Å². The maximum atomic E-state index is 11.0. The highest BCUT2D eigenvalue weighted by atomic mass is 79.9. The molecular weight excluding hydrogens is 292 g/mol. The Hall–Kier alpha value is -1.35. The predicted octanol–water partition coefficient (Wildman–Crippen LogP) is 4.46. The van der Waals surface area contributed by atoms with Crippen LogP contribution < -0.4 is 0 Å². The van der Waals surface area contributed by atoms with E-state index in [1.54, 1.807) is 6.92 Å². The van der Waals surface area contributed by atoms with Crippen LogP contribution in [0.15, 0.2) is 33.2 Å². The molecule has 94 valence electrons. The summed E-state index contributed by atoms with van der Waals surface area (Å²) in [6, 6.07) is 7.94. The molecule has 0 bridgehead atoms. The second kappa shape index (κ2) is 5.11. The van der Waals surface area contributed by atoms with Gasteiger partial charge in [-0.25, -0.2) is 0 Å². The van der Waals surface area contributed by atoms with Crippen LogP contribution in [0.3, 0.4) is 0 Å². The van der Waals surface area contributed by atoms with E-state index in [-0.39, 0.29) is 5.78 Å². The van der Waals surface area contributed by atoms with Crippen LogP contribution in [0.5, 0.6) is 0 Å². The molecule has 0 atom stereocenters. The standard InChI is InChI=1S/C15H15BrO2/c1-9-6-12(7-10(2)15(9)16)14-5-4-13(18-14)8-11(3)17/h4-7H,8H2,1-3H3. The monoisotopic (exact) mass is 306 g/mol. The van der Waals surface area contributed by atoms with E-state index in [1.165, 1.54) is 11.1 Å². The van der Waals surface area contributed by atoms with E-state index in [2.05, 4.69) is 41.9 Å². The van der Waals surface area contributed by atoms with Crippen LogP contribution in [0.25, 0.3) is 11.3 Å². The molecule has 2 rings (SSSR count). The van der Waals surface area contributed by atoms with E-state index in [0.717, 1.165) is 21.6 Å². The van der Waals surface area contributed by atoms with E-state index in [4.69, 9.17) is 4.42 Å². The fourth-order valence-corrected chi connectivity index (χ4v) is 2.19. The number of hydrogen-bond donors (Lipinski definition) is 0. The van der Waals surface area contributed by atoms with Gasteiger partial charge < -0.3 is 4.42 Å². The van der Waals surface area contributed by atoms with Crippen molar-refractivity contribution in [3.05, 3.63) is 45.6 Å². The van der Waals surface area contributed by atoms with Gasteiger partial charge in [0.2, 0.25) is 0 Å². The molecule has 2 aromatic rings. The molecule has 18 heavy (non-hydrogen) atoms. The Balaban J connectivity index is 2.37. The first-order chi connectivity index (χ1) is 8.47. The summed E-state index contributed by atoms with van der Waals surface area (Å²) in [7, 11) is 0. The molecule has 0 aliphatic heterocycles. The normalized spacial score (nSPS) is 10.7. The smallest absolute Gasteiger partial charge is 0.137 e. The zero-order valence-corrected chi connectivity index (χ0v) is 12.3. The molecule has 3 heteroatoms. The van der Waals surface area contributed by atoms with Crippen molar-refractivity contribution in [1.29, 1.82) is 0 Å². The third kappa shape index (κ3) is 2.72. The van der Waals surface area contributed by atoms with Crippen molar-refractivity contribution >= 4 is 21.7 Å². The summed E-state index contributed by atoms with van der Waals surface area (Å²) in [6.45, 7) is 5.68. The SMILES string of the molecule is CC(=O)Cc1ccc(-c2cc(C)c(Br)c(C)c2)o1. The Morgan fingerprint density at radius 1 is 1.22 bits per heavy atom.